The van der Waals surface area contributed by atoms with Gasteiger partial charge in [-0.1, -0.05) is 37.3 Å². The molecule has 0 unspecified atom stereocenters. The third kappa shape index (κ3) is 4.08. The van der Waals surface area contributed by atoms with Crippen molar-refractivity contribution in [2.75, 3.05) is 19.6 Å². The van der Waals surface area contributed by atoms with Crippen molar-refractivity contribution >= 4 is 0 Å². The number of aryl methyl sites for hydroxylation is 1. The summed E-state index contributed by atoms with van der Waals surface area (Å²) in [4.78, 5) is 16.5. The molecule has 0 bridgehead atoms. The Bertz CT molecular complexity index is 858. The molecule has 1 saturated heterocycles. The highest BCUT2D eigenvalue weighted by Crippen LogP contribution is 2.29. The Morgan fingerprint density at radius 2 is 1.89 bits per heavy atom. The van der Waals surface area contributed by atoms with Crippen LogP contribution in [0.15, 0.2) is 55.1 Å². The molecule has 0 radical (unpaired) electrons. The van der Waals surface area contributed by atoms with Gasteiger partial charge in [-0.05, 0) is 31.4 Å². The van der Waals surface area contributed by atoms with E-state index >= 15 is 0 Å². The van der Waals surface area contributed by atoms with Gasteiger partial charge in [-0.15, -0.1) is 0 Å². The van der Waals surface area contributed by atoms with Gasteiger partial charge in [0.15, 0.2) is 5.82 Å². The second-order valence-corrected chi connectivity index (χ2v) is 7.21. The lowest BCUT2D eigenvalue weighted by atomic mass is 9.94. The van der Waals surface area contributed by atoms with Crippen LogP contribution < -0.4 is 0 Å². The summed E-state index contributed by atoms with van der Waals surface area (Å²) < 4.78 is 2.10. The summed E-state index contributed by atoms with van der Waals surface area (Å²) in [5.74, 6) is 2.40. The minimum atomic E-state index is 0.422. The summed E-state index contributed by atoms with van der Waals surface area (Å²) in [6.07, 6.45) is 11.8. The lowest BCUT2D eigenvalue weighted by Gasteiger charge is -2.33. The quantitative estimate of drug-likeness (QED) is 0.672. The molecule has 0 N–H and O–H groups in total. The maximum Gasteiger partial charge on any atom is 0.160 e. The predicted octanol–water partition coefficient (Wildman–Crippen LogP) is 3.65. The highest BCUT2D eigenvalue weighted by Gasteiger charge is 2.25. The van der Waals surface area contributed by atoms with Gasteiger partial charge in [0.05, 0.1) is 5.69 Å². The fourth-order valence-electron chi connectivity index (χ4n) is 4.02. The number of piperidine rings is 1. The number of hydrogen-bond acceptors (Lipinski definition) is 4. The molecule has 1 aliphatic heterocycles. The van der Waals surface area contributed by atoms with E-state index in [1.165, 1.54) is 24.9 Å². The average molecular weight is 361 g/mol. The summed E-state index contributed by atoms with van der Waals surface area (Å²) in [5, 5.41) is 0. The van der Waals surface area contributed by atoms with Gasteiger partial charge in [0.2, 0.25) is 0 Å². The maximum absolute atomic E-state index is 4.75. The van der Waals surface area contributed by atoms with E-state index < -0.39 is 0 Å². The molecule has 3 heterocycles. The fraction of sp³-hybridized carbons (Fsp3) is 0.409. The molecule has 0 saturated carbocycles. The first-order chi connectivity index (χ1) is 13.3. The zero-order chi connectivity index (χ0) is 18.5. The highest BCUT2D eigenvalue weighted by molar-refractivity contribution is 5.33. The standard InChI is InChI=1S/C22H27N5/c1-2-20-23-13-16-27(20)22-21(24-11-12-25-22)19-9-6-14-26(17-19)15-10-18-7-4-3-5-8-18/h3-5,7-8,11-13,16,19H,2,6,9-10,14-15,17H2,1H3/t19-/m0/s1. The first-order valence-corrected chi connectivity index (χ1v) is 9.95. The van der Waals surface area contributed by atoms with Crippen LogP contribution >= 0.6 is 0 Å². The molecule has 1 aromatic carbocycles. The summed E-state index contributed by atoms with van der Waals surface area (Å²) in [6.45, 7) is 5.45. The van der Waals surface area contributed by atoms with Crippen molar-refractivity contribution in [2.24, 2.45) is 0 Å². The van der Waals surface area contributed by atoms with Crippen molar-refractivity contribution < 1.29 is 0 Å². The van der Waals surface area contributed by atoms with Gasteiger partial charge in [-0.25, -0.2) is 9.97 Å². The third-order valence-corrected chi connectivity index (χ3v) is 5.42. The highest BCUT2D eigenvalue weighted by atomic mass is 15.2. The van der Waals surface area contributed by atoms with E-state index in [1.54, 1.807) is 6.20 Å². The largest absolute Gasteiger partial charge is 0.302 e. The Hall–Kier alpha value is -2.53. The monoisotopic (exact) mass is 361 g/mol. The normalized spacial score (nSPS) is 17.9. The molecular weight excluding hydrogens is 334 g/mol. The molecule has 0 amide bonds. The van der Waals surface area contributed by atoms with Gasteiger partial charge in [-0.2, -0.15) is 0 Å². The predicted molar refractivity (Wildman–Crippen MR) is 107 cm³/mol. The van der Waals surface area contributed by atoms with Crippen LogP contribution in [0.4, 0.5) is 0 Å². The molecule has 0 spiro atoms. The Labute approximate surface area is 161 Å². The summed E-state index contributed by atoms with van der Waals surface area (Å²) in [5.41, 5.74) is 2.51. The van der Waals surface area contributed by atoms with Crippen molar-refractivity contribution in [1.82, 2.24) is 24.4 Å². The summed E-state index contributed by atoms with van der Waals surface area (Å²) in [6, 6.07) is 10.8. The summed E-state index contributed by atoms with van der Waals surface area (Å²) in [7, 11) is 0. The summed E-state index contributed by atoms with van der Waals surface area (Å²) >= 11 is 0. The van der Waals surface area contributed by atoms with Crippen molar-refractivity contribution in [1.29, 1.82) is 0 Å². The van der Waals surface area contributed by atoms with Gasteiger partial charge in [0.25, 0.3) is 0 Å². The number of rotatable bonds is 6. The molecule has 1 atom stereocenters. The van der Waals surface area contributed by atoms with Gasteiger partial charge >= 0.3 is 0 Å². The van der Waals surface area contributed by atoms with E-state index in [0.717, 1.165) is 43.3 Å². The van der Waals surface area contributed by atoms with Gasteiger partial charge in [0, 0.05) is 50.2 Å². The number of aromatic nitrogens is 4. The third-order valence-electron chi connectivity index (χ3n) is 5.42. The zero-order valence-corrected chi connectivity index (χ0v) is 16.0. The molecule has 1 aliphatic rings. The van der Waals surface area contributed by atoms with Gasteiger partial charge in [-0.3, -0.25) is 9.55 Å². The van der Waals surface area contributed by atoms with Crippen LogP contribution in [0.1, 0.15) is 42.8 Å². The Morgan fingerprint density at radius 1 is 1.04 bits per heavy atom. The van der Waals surface area contributed by atoms with Crippen molar-refractivity contribution in [3.05, 3.63) is 72.2 Å². The van der Waals surface area contributed by atoms with Crippen LogP contribution in [0.5, 0.6) is 0 Å². The lowest BCUT2D eigenvalue weighted by Crippen LogP contribution is -2.36. The van der Waals surface area contributed by atoms with Crippen LogP contribution in [0.3, 0.4) is 0 Å². The SMILES string of the molecule is CCc1nccn1-c1nccnc1[C@H]1CCCN(CCc2ccccc2)C1. The molecule has 0 aliphatic carbocycles. The molecular formula is C22H27N5. The maximum atomic E-state index is 4.75. The Balaban J connectivity index is 1.50. The van der Waals surface area contributed by atoms with Crippen molar-refractivity contribution in [3.8, 4) is 5.82 Å². The van der Waals surface area contributed by atoms with E-state index in [1.807, 2.05) is 18.6 Å². The molecule has 4 rings (SSSR count). The second-order valence-electron chi connectivity index (χ2n) is 7.21. The van der Waals surface area contributed by atoms with E-state index in [0.29, 0.717) is 5.92 Å². The van der Waals surface area contributed by atoms with E-state index in [9.17, 15) is 0 Å². The van der Waals surface area contributed by atoms with Crippen molar-refractivity contribution in [2.45, 2.75) is 38.5 Å². The number of likely N-dealkylation sites (tertiary alicyclic amines) is 1. The fourth-order valence-corrected chi connectivity index (χ4v) is 4.02. The molecule has 1 fully saturated rings. The molecule has 140 valence electrons. The van der Waals surface area contributed by atoms with Crippen LogP contribution in [0.2, 0.25) is 0 Å². The van der Waals surface area contributed by atoms with Crippen LogP contribution in [0.25, 0.3) is 5.82 Å². The van der Waals surface area contributed by atoms with Gasteiger partial charge < -0.3 is 4.90 Å². The molecule has 3 aromatic rings. The van der Waals surface area contributed by atoms with Gasteiger partial charge in [0.1, 0.15) is 5.82 Å². The number of hydrogen-bond donors (Lipinski definition) is 0. The van der Waals surface area contributed by atoms with Crippen molar-refractivity contribution in [3.63, 3.8) is 0 Å². The van der Waals surface area contributed by atoms with Crippen LogP contribution in [0, 0.1) is 0 Å². The minimum Gasteiger partial charge on any atom is -0.302 e. The smallest absolute Gasteiger partial charge is 0.160 e. The molecule has 27 heavy (non-hydrogen) atoms. The molecule has 5 heteroatoms. The van der Waals surface area contributed by atoms with E-state index in [-0.39, 0.29) is 0 Å². The topological polar surface area (TPSA) is 46.8 Å². The zero-order valence-electron chi connectivity index (χ0n) is 16.0. The number of nitrogens with zero attached hydrogens (tertiary/aromatic N) is 5. The second kappa shape index (κ2) is 8.44. The van der Waals surface area contributed by atoms with E-state index in [4.69, 9.17) is 4.98 Å². The van der Waals surface area contributed by atoms with E-state index in [2.05, 4.69) is 56.7 Å². The van der Waals surface area contributed by atoms with Crippen LogP contribution in [-0.4, -0.2) is 44.1 Å². The first kappa shape index (κ1) is 17.9. The first-order valence-electron chi connectivity index (χ1n) is 9.95. The molecule has 2 aromatic heterocycles. The minimum absolute atomic E-state index is 0.422. The number of imidazole rings is 1. The average Bonchev–Trinajstić information content (AvgIpc) is 3.22. The lowest BCUT2D eigenvalue weighted by molar-refractivity contribution is 0.208. The molecule has 5 nitrogen and oxygen atoms in total. The Morgan fingerprint density at radius 3 is 2.74 bits per heavy atom. The Kier molecular flexibility index (Phi) is 5.58. The number of benzene rings is 1. The van der Waals surface area contributed by atoms with Crippen LogP contribution in [-0.2, 0) is 12.8 Å².